The second kappa shape index (κ2) is 9.61. The molecule has 2 rings (SSSR count). The molecule has 0 radical (unpaired) electrons. The summed E-state index contributed by atoms with van der Waals surface area (Å²) in [4.78, 5) is 24.0. The summed E-state index contributed by atoms with van der Waals surface area (Å²) in [5.74, 6) is 0.298. The summed E-state index contributed by atoms with van der Waals surface area (Å²) < 4.78 is 5.48. The van der Waals surface area contributed by atoms with Gasteiger partial charge in [-0.2, -0.15) is 0 Å². The zero-order valence-electron chi connectivity index (χ0n) is 15.5. The fourth-order valence-corrected chi connectivity index (χ4v) is 2.28. The Bertz CT molecular complexity index is 724. The lowest BCUT2D eigenvalue weighted by molar-refractivity contribution is -0.118. The maximum Gasteiger partial charge on any atom is 0.262 e. The minimum atomic E-state index is -0.249. The van der Waals surface area contributed by atoms with Gasteiger partial charge in [0.05, 0.1) is 0 Å². The first-order valence-electron chi connectivity index (χ1n) is 8.94. The van der Waals surface area contributed by atoms with Gasteiger partial charge in [-0.25, -0.2) is 0 Å². The molecule has 5 heteroatoms. The molecule has 0 aliphatic rings. The first-order valence-corrected chi connectivity index (χ1v) is 8.94. The van der Waals surface area contributed by atoms with Gasteiger partial charge in [0.2, 0.25) is 0 Å². The van der Waals surface area contributed by atoms with Gasteiger partial charge in [-0.1, -0.05) is 26.0 Å². The second-order valence-electron chi connectivity index (χ2n) is 6.19. The first kappa shape index (κ1) is 19.5. The third-order valence-electron chi connectivity index (χ3n) is 4.12. The van der Waals surface area contributed by atoms with E-state index in [-0.39, 0.29) is 24.5 Å². The number of amides is 2. The van der Waals surface area contributed by atoms with Crippen LogP contribution in [0, 0.1) is 0 Å². The van der Waals surface area contributed by atoms with Crippen molar-refractivity contribution in [2.45, 2.75) is 39.7 Å². The lowest BCUT2D eigenvalue weighted by Gasteiger charge is -2.12. The number of ether oxygens (including phenoxy) is 1. The fraction of sp³-hybridized carbons (Fsp3) is 0.333. The SMILES string of the molecule is CCc1ccc(OCC(=O)Nc2ccc(C(=O)NC(C)CC)cc2)cc1. The number of anilines is 1. The first-order chi connectivity index (χ1) is 12.5. The normalized spacial score (nSPS) is 11.5. The highest BCUT2D eigenvalue weighted by Gasteiger charge is 2.09. The average molecular weight is 354 g/mol. The van der Waals surface area contributed by atoms with Crippen LogP contribution < -0.4 is 15.4 Å². The van der Waals surface area contributed by atoms with E-state index in [0.29, 0.717) is 17.0 Å². The number of nitrogens with one attached hydrogen (secondary N) is 2. The number of carbonyl (C=O) groups excluding carboxylic acids is 2. The smallest absolute Gasteiger partial charge is 0.262 e. The molecule has 0 aliphatic carbocycles. The Hall–Kier alpha value is -2.82. The Balaban J connectivity index is 1.83. The van der Waals surface area contributed by atoms with Crippen molar-refractivity contribution in [2.75, 3.05) is 11.9 Å². The molecule has 2 amide bonds. The van der Waals surface area contributed by atoms with E-state index in [0.717, 1.165) is 12.8 Å². The van der Waals surface area contributed by atoms with Gasteiger partial charge in [0.25, 0.3) is 11.8 Å². The quantitative estimate of drug-likeness (QED) is 0.758. The van der Waals surface area contributed by atoms with Crippen molar-refractivity contribution < 1.29 is 14.3 Å². The minimum absolute atomic E-state index is 0.0677. The van der Waals surface area contributed by atoms with Crippen LogP contribution in [0.2, 0.25) is 0 Å². The number of aryl methyl sites for hydroxylation is 1. The van der Waals surface area contributed by atoms with Gasteiger partial charge in [-0.15, -0.1) is 0 Å². The van der Waals surface area contributed by atoms with Gasteiger partial charge in [-0.05, 0) is 61.7 Å². The molecule has 0 heterocycles. The highest BCUT2D eigenvalue weighted by atomic mass is 16.5. The Morgan fingerprint density at radius 3 is 2.23 bits per heavy atom. The molecule has 0 saturated heterocycles. The van der Waals surface area contributed by atoms with Gasteiger partial charge in [0.15, 0.2) is 6.61 Å². The minimum Gasteiger partial charge on any atom is -0.484 e. The van der Waals surface area contributed by atoms with Crippen LogP contribution >= 0.6 is 0 Å². The molecular formula is C21H26N2O3. The van der Waals surface area contributed by atoms with Crippen LogP contribution in [0.25, 0.3) is 0 Å². The number of benzene rings is 2. The Morgan fingerprint density at radius 2 is 1.65 bits per heavy atom. The maximum atomic E-state index is 12.0. The number of rotatable bonds is 8. The molecule has 0 aliphatic heterocycles. The molecular weight excluding hydrogens is 328 g/mol. The highest BCUT2D eigenvalue weighted by Crippen LogP contribution is 2.13. The monoisotopic (exact) mass is 354 g/mol. The third kappa shape index (κ3) is 5.92. The van der Waals surface area contributed by atoms with E-state index in [1.807, 2.05) is 38.1 Å². The summed E-state index contributed by atoms with van der Waals surface area (Å²) in [5, 5.41) is 5.66. The summed E-state index contributed by atoms with van der Waals surface area (Å²) in [6.45, 7) is 6.00. The van der Waals surface area contributed by atoms with Gasteiger partial charge >= 0.3 is 0 Å². The molecule has 1 unspecified atom stereocenters. The lowest BCUT2D eigenvalue weighted by Crippen LogP contribution is -2.31. The Morgan fingerprint density at radius 1 is 1.00 bits per heavy atom. The summed E-state index contributed by atoms with van der Waals surface area (Å²) in [7, 11) is 0. The summed E-state index contributed by atoms with van der Waals surface area (Å²) >= 11 is 0. The van der Waals surface area contributed by atoms with E-state index in [4.69, 9.17) is 4.74 Å². The molecule has 26 heavy (non-hydrogen) atoms. The molecule has 0 aromatic heterocycles. The van der Waals surface area contributed by atoms with E-state index in [1.165, 1.54) is 5.56 Å². The summed E-state index contributed by atoms with van der Waals surface area (Å²) in [6, 6.07) is 14.6. The van der Waals surface area contributed by atoms with Gasteiger partial charge in [-0.3, -0.25) is 9.59 Å². The van der Waals surface area contributed by atoms with Crippen LogP contribution in [0.4, 0.5) is 5.69 Å². The van der Waals surface area contributed by atoms with E-state index in [2.05, 4.69) is 17.6 Å². The molecule has 0 saturated carbocycles. The summed E-state index contributed by atoms with van der Waals surface area (Å²) in [5.41, 5.74) is 2.41. The van der Waals surface area contributed by atoms with Gasteiger partial charge in [0, 0.05) is 17.3 Å². The van der Waals surface area contributed by atoms with E-state index in [9.17, 15) is 9.59 Å². The Kier molecular flexibility index (Phi) is 7.21. The van der Waals surface area contributed by atoms with E-state index in [1.54, 1.807) is 24.3 Å². The van der Waals surface area contributed by atoms with Crippen LogP contribution in [0.15, 0.2) is 48.5 Å². The Labute approximate surface area is 154 Å². The van der Waals surface area contributed by atoms with Crippen molar-refractivity contribution in [3.05, 3.63) is 59.7 Å². The van der Waals surface area contributed by atoms with Gasteiger partial charge in [0.1, 0.15) is 5.75 Å². The van der Waals surface area contributed by atoms with Crippen molar-refractivity contribution in [1.29, 1.82) is 0 Å². The molecule has 138 valence electrons. The molecule has 5 nitrogen and oxygen atoms in total. The topological polar surface area (TPSA) is 67.4 Å². The molecule has 0 fully saturated rings. The van der Waals surface area contributed by atoms with Crippen molar-refractivity contribution in [3.63, 3.8) is 0 Å². The zero-order valence-corrected chi connectivity index (χ0v) is 15.5. The number of carbonyl (C=O) groups is 2. The van der Waals surface area contributed by atoms with Crippen LogP contribution in [0.1, 0.15) is 43.1 Å². The highest BCUT2D eigenvalue weighted by molar-refractivity contribution is 5.96. The number of hydrogen-bond donors (Lipinski definition) is 2. The van der Waals surface area contributed by atoms with E-state index >= 15 is 0 Å². The molecule has 2 aromatic rings. The predicted octanol–water partition coefficient (Wildman–Crippen LogP) is 3.79. The molecule has 0 spiro atoms. The largest absolute Gasteiger partial charge is 0.484 e. The van der Waals surface area contributed by atoms with Crippen LogP contribution in [0.3, 0.4) is 0 Å². The maximum absolute atomic E-state index is 12.0. The van der Waals surface area contributed by atoms with Crippen molar-refractivity contribution in [2.24, 2.45) is 0 Å². The summed E-state index contributed by atoms with van der Waals surface area (Å²) in [6.07, 6.45) is 1.84. The van der Waals surface area contributed by atoms with Crippen molar-refractivity contribution >= 4 is 17.5 Å². The molecule has 2 aromatic carbocycles. The van der Waals surface area contributed by atoms with Gasteiger partial charge < -0.3 is 15.4 Å². The third-order valence-corrected chi connectivity index (χ3v) is 4.12. The van der Waals surface area contributed by atoms with E-state index < -0.39 is 0 Å². The fourth-order valence-electron chi connectivity index (χ4n) is 2.28. The van der Waals surface area contributed by atoms with Crippen molar-refractivity contribution in [3.8, 4) is 5.75 Å². The lowest BCUT2D eigenvalue weighted by atomic mass is 10.1. The molecule has 2 N–H and O–H groups in total. The molecule has 0 bridgehead atoms. The second-order valence-corrected chi connectivity index (χ2v) is 6.19. The predicted molar refractivity (Wildman–Crippen MR) is 104 cm³/mol. The van der Waals surface area contributed by atoms with Crippen molar-refractivity contribution in [1.82, 2.24) is 5.32 Å². The van der Waals surface area contributed by atoms with Crippen LogP contribution in [-0.4, -0.2) is 24.5 Å². The standard InChI is InChI=1S/C21H26N2O3/c1-4-15(3)22-21(25)17-8-10-18(11-9-17)23-20(24)14-26-19-12-6-16(5-2)7-13-19/h6-13,15H,4-5,14H2,1-3H3,(H,22,25)(H,23,24). The number of hydrogen-bond acceptors (Lipinski definition) is 3. The average Bonchev–Trinajstić information content (AvgIpc) is 2.67. The van der Waals surface area contributed by atoms with Crippen LogP contribution in [0.5, 0.6) is 5.75 Å². The van der Waals surface area contributed by atoms with Crippen LogP contribution in [-0.2, 0) is 11.2 Å². The zero-order chi connectivity index (χ0) is 18.9. The molecule has 1 atom stereocenters.